The van der Waals surface area contributed by atoms with E-state index in [1.165, 1.54) is 0 Å². The fourth-order valence-electron chi connectivity index (χ4n) is 0.310. The average Bonchev–Trinajstić information content (AvgIpc) is 1.67. The minimum atomic E-state index is -2.28. The van der Waals surface area contributed by atoms with E-state index < -0.39 is 11.1 Å². The zero-order valence-corrected chi connectivity index (χ0v) is 8.46. The van der Waals surface area contributed by atoms with Crippen molar-refractivity contribution in [1.82, 2.24) is 0 Å². The van der Waals surface area contributed by atoms with E-state index in [9.17, 15) is 8.76 Å². The van der Waals surface area contributed by atoms with Gasteiger partial charge in [-0.05, 0) is 17.5 Å². The first-order valence-electron chi connectivity index (χ1n) is 2.35. The average molecular weight is 158 g/mol. The summed E-state index contributed by atoms with van der Waals surface area (Å²) >= 11 is -2.28. The normalized spacial score (nSPS) is 11.8. The molecule has 1 N–H and O–H groups in total. The van der Waals surface area contributed by atoms with Crippen LogP contribution in [-0.2, 0) is 11.1 Å². The molecule has 0 bridgehead atoms. The maximum absolute atomic E-state index is 9.86. The second-order valence-corrected chi connectivity index (χ2v) is 2.37. The molecular formula is C4H9NNaO2S-. The van der Waals surface area contributed by atoms with Crippen LogP contribution in [0.25, 0.3) is 0 Å². The second kappa shape index (κ2) is 6.89. The van der Waals surface area contributed by atoms with E-state index in [1.54, 1.807) is 0 Å². The molecular weight excluding hydrogens is 149 g/mol. The quantitative estimate of drug-likeness (QED) is 0.214. The standard InChI is InChI=1S/C4H9NO2S.Na.H/c1-2-3-4(5)8(6)7;;/h5H,2-3H2,1H3,(H,6,7);;/q;+1;-1/p-1. The Morgan fingerprint density at radius 2 is 2.33 bits per heavy atom. The molecule has 0 saturated heterocycles. The predicted molar refractivity (Wildman–Crippen MR) is 32.7 cm³/mol. The van der Waals surface area contributed by atoms with Crippen molar-refractivity contribution in [2.24, 2.45) is 0 Å². The predicted octanol–water partition coefficient (Wildman–Crippen LogP) is -2.24. The van der Waals surface area contributed by atoms with Gasteiger partial charge >= 0.3 is 29.6 Å². The number of hydrogen-bond acceptors (Lipinski definition) is 3. The van der Waals surface area contributed by atoms with Crippen LogP contribution >= 0.6 is 0 Å². The summed E-state index contributed by atoms with van der Waals surface area (Å²) in [6, 6.07) is 0. The van der Waals surface area contributed by atoms with E-state index in [0.29, 0.717) is 12.8 Å². The van der Waals surface area contributed by atoms with E-state index >= 15 is 0 Å². The van der Waals surface area contributed by atoms with E-state index in [1.807, 2.05) is 6.92 Å². The van der Waals surface area contributed by atoms with Crippen LogP contribution in [0.15, 0.2) is 0 Å². The summed E-state index contributed by atoms with van der Waals surface area (Å²) in [5.41, 5.74) is 0. The number of rotatable bonds is 2. The van der Waals surface area contributed by atoms with Gasteiger partial charge in [0.2, 0.25) is 0 Å². The summed E-state index contributed by atoms with van der Waals surface area (Å²) in [4.78, 5) is 0. The summed E-state index contributed by atoms with van der Waals surface area (Å²) in [5.74, 6) is 0. The van der Waals surface area contributed by atoms with Gasteiger partial charge in [-0.15, -0.1) is 0 Å². The Morgan fingerprint density at radius 1 is 1.89 bits per heavy atom. The molecule has 0 amide bonds. The molecule has 50 valence electrons. The Bertz CT molecular complexity index is 122. The zero-order chi connectivity index (χ0) is 6.57. The van der Waals surface area contributed by atoms with Gasteiger partial charge in [0.05, 0.1) is 5.04 Å². The van der Waals surface area contributed by atoms with Crippen molar-refractivity contribution in [3.8, 4) is 0 Å². The molecule has 0 heterocycles. The Kier molecular flexibility index (Phi) is 9.54. The fraction of sp³-hybridized carbons (Fsp3) is 0.750. The van der Waals surface area contributed by atoms with Gasteiger partial charge in [0, 0.05) is 0 Å². The summed E-state index contributed by atoms with van der Waals surface area (Å²) in [5, 5.41) is 6.53. The summed E-state index contributed by atoms with van der Waals surface area (Å²) in [6.07, 6.45) is 1.07. The zero-order valence-electron chi connectivity index (χ0n) is 6.64. The van der Waals surface area contributed by atoms with Crippen molar-refractivity contribution in [2.45, 2.75) is 19.8 Å². The van der Waals surface area contributed by atoms with Gasteiger partial charge in [-0.2, -0.15) is 0 Å². The molecule has 0 aromatic carbocycles. The van der Waals surface area contributed by atoms with Gasteiger partial charge in [0.1, 0.15) is 0 Å². The third kappa shape index (κ3) is 6.67. The minimum absolute atomic E-state index is 0. The van der Waals surface area contributed by atoms with Crippen LogP contribution in [-0.4, -0.2) is 13.8 Å². The molecule has 0 aromatic heterocycles. The van der Waals surface area contributed by atoms with Crippen LogP contribution in [0, 0.1) is 5.41 Å². The third-order valence-electron chi connectivity index (χ3n) is 0.678. The van der Waals surface area contributed by atoms with E-state index in [2.05, 4.69) is 0 Å². The van der Waals surface area contributed by atoms with E-state index in [4.69, 9.17) is 5.41 Å². The molecule has 5 heteroatoms. The van der Waals surface area contributed by atoms with Crippen LogP contribution in [0.5, 0.6) is 0 Å². The molecule has 0 aliphatic rings. The molecule has 0 saturated carbocycles. The van der Waals surface area contributed by atoms with Crippen LogP contribution in [0.3, 0.4) is 0 Å². The van der Waals surface area contributed by atoms with Crippen molar-refractivity contribution in [3.63, 3.8) is 0 Å². The Hall–Kier alpha value is 0.780. The smallest absolute Gasteiger partial charge is 1.00 e. The molecule has 3 nitrogen and oxygen atoms in total. The molecule has 0 fully saturated rings. The van der Waals surface area contributed by atoms with Gasteiger partial charge in [-0.1, -0.05) is 13.3 Å². The van der Waals surface area contributed by atoms with Crippen LogP contribution < -0.4 is 29.6 Å². The maximum Gasteiger partial charge on any atom is 1.00 e. The van der Waals surface area contributed by atoms with Crippen LogP contribution in [0.1, 0.15) is 21.2 Å². The first kappa shape index (κ1) is 12.5. The summed E-state index contributed by atoms with van der Waals surface area (Å²) in [7, 11) is 0. The van der Waals surface area contributed by atoms with Gasteiger partial charge in [-0.3, -0.25) is 9.62 Å². The van der Waals surface area contributed by atoms with Crippen molar-refractivity contribution in [3.05, 3.63) is 0 Å². The Morgan fingerprint density at radius 3 is 2.44 bits per heavy atom. The van der Waals surface area contributed by atoms with Crippen molar-refractivity contribution in [2.75, 3.05) is 0 Å². The van der Waals surface area contributed by atoms with Crippen LogP contribution in [0.4, 0.5) is 0 Å². The summed E-state index contributed by atoms with van der Waals surface area (Å²) < 4.78 is 19.7. The fourth-order valence-corrected chi connectivity index (χ4v) is 0.681. The van der Waals surface area contributed by atoms with Crippen molar-refractivity contribution < 1.29 is 39.7 Å². The monoisotopic (exact) mass is 158 g/mol. The van der Waals surface area contributed by atoms with Gasteiger partial charge in [0.15, 0.2) is 0 Å². The second-order valence-electron chi connectivity index (χ2n) is 1.41. The van der Waals surface area contributed by atoms with E-state index in [-0.39, 0.29) is 36.0 Å². The Labute approximate surface area is 80.8 Å². The molecule has 0 radical (unpaired) electrons. The minimum Gasteiger partial charge on any atom is -1.00 e. The van der Waals surface area contributed by atoms with Gasteiger partial charge < -0.3 is 5.98 Å². The molecule has 0 rings (SSSR count). The van der Waals surface area contributed by atoms with E-state index in [0.717, 1.165) is 0 Å². The maximum atomic E-state index is 9.86. The first-order chi connectivity index (χ1) is 3.68. The molecule has 1 unspecified atom stereocenters. The largest absolute Gasteiger partial charge is 1.00 e. The molecule has 0 spiro atoms. The first-order valence-corrected chi connectivity index (χ1v) is 3.42. The Balaban J connectivity index is -0.000000245. The summed E-state index contributed by atoms with van der Waals surface area (Å²) in [6.45, 7) is 1.83. The molecule has 9 heavy (non-hydrogen) atoms. The van der Waals surface area contributed by atoms with Gasteiger partial charge in [0.25, 0.3) is 0 Å². The molecule has 0 aliphatic carbocycles. The SMILES string of the molecule is CCCC(=N)S(=O)[O-].[H-].[Na+]. The van der Waals surface area contributed by atoms with Crippen molar-refractivity contribution >= 4 is 16.1 Å². The number of hydrogen-bond donors (Lipinski definition) is 1. The molecule has 0 aromatic rings. The van der Waals surface area contributed by atoms with Crippen LogP contribution in [0.2, 0.25) is 0 Å². The topological polar surface area (TPSA) is 64.0 Å². The number of nitrogens with one attached hydrogen (secondary N) is 1. The molecule has 1 atom stereocenters. The third-order valence-corrected chi connectivity index (χ3v) is 1.28. The molecule has 0 aliphatic heterocycles. The van der Waals surface area contributed by atoms with Crippen molar-refractivity contribution in [1.29, 1.82) is 5.41 Å². The van der Waals surface area contributed by atoms with Gasteiger partial charge in [-0.25, -0.2) is 0 Å².